The van der Waals surface area contributed by atoms with Crippen LogP contribution in [0.5, 0.6) is 0 Å². The first-order valence-electron chi connectivity index (χ1n) is 4.18. The molecule has 3 heteroatoms. The summed E-state index contributed by atoms with van der Waals surface area (Å²) in [7, 11) is 0. The zero-order valence-corrected chi connectivity index (χ0v) is 7.29. The molecule has 1 rings (SSSR count). The Morgan fingerprint density at radius 2 is 2.50 bits per heavy atom. The monoisotopic (exact) mass is 166 g/mol. The molecule has 3 nitrogen and oxygen atoms in total. The van der Waals surface area contributed by atoms with Gasteiger partial charge in [0.25, 0.3) is 0 Å². The fourth-order valence-corrected chi connectivity index (χ4v) is 1.26. The molecular formula is C9H14N2O. The highest BCUT2D eigenvalue weighted by Gasteiger charge is 2.13. The van der Waals surface area contributed by atoms with Crippen molar-refractivity contribution in [2.75, 3.05) is 6.54 Å². The van der Waals surface area contributed by atoms with Crippen LogP contribution >= 0.6 is 0 Å². The van der Waals surface area contributed by atoms with Crippen LogP contribution in [0.15, 0.2) is 23.9 Å². The minimum atomic E-state index is -0.362. The van der Waals surface area contributed by atoms with Crippen LogP contribution in [-0.2, 0) is 0 Å². The number of nitrogens with zero attached hydrogens (tertiary/aromatic N) is 1. The number of carbonyl (C=O) groups excluding carboxylic acids is 1. The summed E-state index contributed by atoms with van der Waals surface area (Å²) in [6.45, 7) is 2.69. The summed E-state index contributed by atoms with van der Waals surface area (Å²) in [5.74, 6) is 0. The van der Waals surface area contributed by atoms with Gasteiger partial charge in [-0.2, -0.15) is 0 Å². The minimum absolute atomic E-state index is 0.362. The highest BCUT2D eigenvalue weighted by atomic mass is 16.2. The molecule has 0 fully saturated rings. The molecule has 0 saturated carbocycles. The number of amides is 2. The molecule has 0 aromatic carbocycles. The zero-order valence-electron chi connectivity index (χ0n) is 7.29. The number of urea groups is 1. The summed E-state index contributed by atoms with van der Waals surface area (Å²) in [5.41, 5.74) is 6.22. The Bertz CT molecular complexity index is 231. The summed E-state index contributed by atoms with van der Waals surface area (Å²) in [6.07, 6.45) is 7.77. The number of primary amides is 1. The van der Waals surface area contributed by atoms with Crippen molar-refractivity contribution in [3.63, 3.8) is 0 Å². The predicted octanol–water partition coefficient (Wildman–Crippen LogP) is 1.62. The normalized spacial score (nSPS) is 16.1. The van der Waals surface area contributed by atoms with Gasteiger partial charge >= 0.3 is 6.03 Å². The lowest BCUT2D eigenvalue weighted by Gasteiger charge is -2.23. The number of carbonyl (C=O) groups is 1. The predicted molar refractivity (Wildman–Crippen MR) is 48.4 cm³/mol. The molecular weight excluding hydrogens is 152 g/mol. The molecule has 2 amide bonds. The first-order valence-corrected chi connectivity index (χ1v) is 4.18. The van der Waals surface area contributed by atoms with Crippen LogP contribution in [0.1, 0.15) is 19.8 Å². The standard InChI is InChI=1S/C9H14N2O/c1-2-5-8-6-3-4-7-11(8)9(10)12/h3-4,6H,2,5,7H2,1H3,(H2,10,12). The van der Waals surface area contributed by atoms with Crippen LogP contribution in [0.25, 0.3) is 0 Å². The minimum Gasteiger partial charge on any atom is -0.351 e. The fraction of sp³-hybridized carbons (Fsp3) is 0.444. The molecule has 0 unspecified atom stereocenters. The third-order valence-electron chi connectivity index (χ3n) is 1.83. The Hall–Kier alpha value is -1.25. The van der Waals surface area contributed by atoms with Crippen molar-refractivity contribution in [1.29, 1.82) is 0 Å². The maximum atomic E-state index is 10.9. The summed E-state index contributed by atoms with van der Waals surface area (Å²) in [5, 5.41) is 0. The van der Waals surface area contributed by atoms with E-state index < -0.39 is 0 Å². The maximum Gasteiger partial charge on any atom is 0.319 e. The summed E-state index contributed by atoms with van der Waals surface area (Å²) in [6, 6.07) is -0.362. The summed E-state index contributed by atoms with van der Waals surface area (Å²) in [4.78, 5) is 12.5. The molecule has 12 heavy (non-hydrogen) atoms. The lowest BCUT2D eigenvalue weighted by Crippen LogP contribution is -2.36. The lowest BCUT2D eigenvalue weighted by molar-refractivity contribution is 0.222. The number of rotatable bonds is 2. The second-order valence-electron chi connectivity index (χ2n) is 2.78. The first-order chi connectivity index (χ1) is 5.75. The number of nitrogens with two attached hydrogens (primary N) is 1. The number of hydrogen-bond donors (Lipinski definition) is 1. The molecule has 1 aliphatic heterocycles. The second kappa shape index (κ2) is 3.95. The van der Waals surface area contributed by atoms with Crippen molar-refractivity contribution in [3.8, 4) is 0 Å². The van der Waals surface area contributed by atoms with Crippen molar-refractivity contribution in [1.82, 2.24) is 4.90 Å². The van der Waals surface area contributed by atoms with Crippen molar-refractivity contribution in [2.45, 2.75) is 19.8 Å². The van der Waals surface area contributed by atoms with E-state index in [9.17, 15) is 4.79 Å². The van der Waals surface area contributed by atoms with Gasteiger partial charge in [0.2, 0.25) is 0 Å². The molecule has 0 aromatic rings. The molecule has 0 saturated heterocycles. The Morgan fingerprint density at radius 3 is 3.08 bits per heavy atom. The van der Waals surface area contributed by atoms with Crippen molar-refractivity contribution in [2.24, 2.45) is 5.73 Å². The Balaban J connectivity index is 2.69. The highest BCUT2D eigenvalue weighted by molar-refractivity contribution is 5.74. The van der Waals surface area contributed by atoms with E-state index in [0.717, 1.165) is 18.5 Å². The van der Waals surface area contributed by atoms with Crippen LogP contribution in [0, 0.1) is 0 Å². The van der Waals surface area contributed by atoms with E-state index in [1.807, 2.05) is 18.2 Å². The average molecular weight is 166 g/mol. The zero-order chi connectivity index (χ0) is 8.97. The smallest absolute Gasteiger partial charge is 0.319 e. The van der Waals surface area contributed by atoms with Crippen molar-refractivity contribution < 1.29 is 4.79 Å². The first kappa shape index (κ1) is 8.84. The van der Waals surface area contributed by atoms with Gasteiger partial charge in [-0.1, -0.05) is 25.5 Å². The van der Waals surface area contributed by atoms with Crippen molar-refractivity contribution in [3.05, 3.63) is 23.9 Å². The van der Waals surface area contributed by atoms with Gasteiger partial charge < -0.3 is 5.73 Å². The van der Waals surface area contributed by atoms with E-state index in [1.165, 1.54) is 0 Å². The van der Waals surface area contributed by atoms with E-state index in [4.69, 9.17) is 5.73 Å². The molecule has 0 bridgehead atoms. The molecule has 0 spiro atoms. The maximum absolute atomic E-state index is 10.9. The van der Waals surface area contributed by atoms with Gasteiger partial charge in [-0.3, -0.25) is 4.90 Å². The van der Waals surface area contributed by atoms with Gasteiger partial charge in [0.1, 0.15) is 0 Å². The van der Waals surface area contributed by atoms with E-state index in [2.05, 4.69) is 6.92 Å². The highest BCUT2D eigenvalue weighted by Crippen LogP contribution is 2.14. The number of allylic oxidation sites excluding steroid dienone is 3. The van der Waals surface area contributed by atoms with Gasteiger partial charge in [-0.05, 0) is 12.5 Å². The molecule has 1 aliphatic rings. The van der Waals surface area contributed by atoms with Crippen LogP contribution < -0.4 is 5.73 Å². The largest absolute Gasteiger partial charge is 0.351 e. The molecule has 0 aromatic heterocycles. The fourth-order valence-electron chi connectivity index (χ4n) is 1.26. The Morgan fingerprint density at radius 1 is 1.75 bits per heavy atom. The summed E-state index contributed by atoms with van der Waals surface area (Å²) < 4.78 is 0. The molecule has 0 atom stereocenters. The third kappa shape index (κ3) is 1.87. The number of hydrogen-bond acceptors (Lipinski definition) is 1. The third-order valence-corrected chi connectivity index (χ3v) is 1.83. The second-order valence-corrected chi connectivity index (χ2v) is 2.78. The Kier molecular flexibility index (Phi) is 2.91. The Labute approximate surface area is 72.5 Å². The molecule has 2 N–H and O–H groups in total. The summed E-state index contributed by atoms with van der Waals surface area (Å²) >= 11 is 0. The van der Waals surface area contributed by atoms with Gasteiger partial charge in [0.15, 0.2) is 0 Å². The molecule has 1 heterocycles. The lowest BCUT2D eigenvalue weighted by atomic mass is 10.2. The van der Waals surface area contributed by atoms with Gasteiger partial charge in [-0.25, -0.2) is 4.79 Å². The van der Waals surface area contributed by atoms with E-state index in [1.54, 1.807) is 4.90 Å². The van der Waals surface area contributed by atoms with Crippen LogP contribution in [0.3, 0.4) is 0 Å². The average Bonchev–Trinajstić information content (AvgIpc) is 2.05. The van der Waals surface area contributed by atoms with E-state index >= 15 is 0 Å². The topological polar surface area (TPSA) is 46.3 Å². The van der Waals surface area contributed by atoms with Gasteiger partial charge in [-0.15, -0.1) is 0 Å². The van der Waals surface area contributed by atoms with Crippen LogP contribution in [0.4, 0.5) is 4.79 Å². The van der Waals surface area contributed by atoms with Gasteiger partial charge in [0.05, 0.1) is 0 Å². The molecule has 0 radical (unpaired) electrons. The quantitative estimate of drug-likeness (QED) is 0.665. The van der Waals surface area contributed by atoms with Crippen LogP contribution in [0.2, 0.25) is 0 Å². The van der Waals surface area contributed by atoms with E-state index in [0.29, 0.717) is 6.54 Å². The van der Waals surface area contributed by atoms with Crippen molar-refractivity contribution >= 4 is 6.03 Å². The SMILES string of the molecule is CCCC1=CC=CCN1C(N)=O. The van der Waals surface area contributed by atoms with Crippen LogP contribution in [-0.4, -0.2) is 17.5 Å². The molecule has 66 valence electrons. The van der Waals surface area contributed by atoms with Gasteiger partial charge in [0, 0.05) is 12.2 Å². The van der Waals surface area contributed by atoms with E-state index in [-0.39, 0.29) is 6.03 Å². The molecule has 0 aliphatic carbocycles.